The molecule has 0 saturated carbocycles. The summed E-state index contributed by atoms with van der Waals surface area (Å²) in [5.41, 5.74) is 2.93. The predicted molar refractivity (Wildman–Crippen MR) is 147 cm³/mol. The summed E-state index contributed by atoms with van der Waals surface area (Å²) in [5, 5.41) is 9.02. The number of hydrogen-bond acceptors (Lipinski definition) is 6. The zero-order chi connectivity index (χ0) is 26.4. The van der Waals surface area contributed by atoms with Crippen molar-refractivity contribution in [2.24, 2.45) is 5.16 Å². The molecule has 3 aromatic rings. The Hall–Kier alpha value is -3.20. The Morgan fingerprint density at radius 2 is 2.00 bits per heavy atom. The van der Waals surface area contributed by atoms with Crippen LogP contribution < -0.4 is 5.32 Å². The molecule has 10 heteroatoms. The van der Waals surface area contributed by atoms with Crippen LogP contribution in [0, 0.1) is 0 Å². The van der Waals surface area contributed by atoms with Gasteiger partial charge in [-0.15, -0.1) is 0 Å². The number of benzene rings is 2. The van der Waals surface area contributed by atoms with Crippen molar-refractivity contribution in [3.8, 4) is 0 Å². The van der Waals surface area contributed by atoms with Crippen LogP contribution in [0.5, 0.6) is 0 Å². The van der Waals surface area contributed by atoms with Gasteiger partial charge >= 0.3 is 0 Å². The van der Waals surface area contributed by atoms with Gasteiger partial charge in [-0.25, -0.2) is 0 Å². The number of pyridine rings is 1. The number of carbonyl (C=O) groups is 2. The number of carbonyl (C=O) groups excluding carboxylic acids is 2. The van der Waals surface area contributed by atoms with Gasteiger partial charge in [-0.1, -0.05) is 40.5 Å². The fourth-order valence-electron chi connectivity index (χ4n) is 4.16. The van der Waals surface area contributed by atoms with Crippen molar-refractivity contribution < 1.29 is 14.4 Å². The summed E-state index contributed by atoms with van der Waals surface area (Å²) in [5.74, 6) is -0.349. The first-order valence-corrected chi connectivity index (χ1v) is 12.8. The number of likely N-dealkylation sites (tertiary alicyclic amines) is 1. The number of rotatable bonds is 9. The molecular formula is C27H29Cl2N5O3. The van der Waals surface area contributed by atoms with Crippen LogP contribution >= 0.6 is 23.2 Å². The second-order valence-corrected chi connectivity index (χ2v) is 10.0. The van der Waals surface area contributed by atoms with Gasteiger partial charge in [0.1, 0.15) is 12.6 Å². The number of anilines is 1. The third-order valence-corrected chi connectivity index (χ3v) is 6.80. The Morgan fingerprint density at radius 3 is 2.78 bits per heavy atom. The number of nitrogens with zero attached hydrogens (tertiary/aromatic N) is 4. The molecule has 0 radical (unpaired) electrons. The van der Waals surface area contributed by atoms with E-state index in [-0.39, 0.29) is 25.0 Å². The lowest BCUT2D eigenvalue weighted by Crippen LogP contribution is -2.43. The third kappa shape index (κ3) is 7.19. The summed E-state index contributed by atoms with van der Waals surface area (Å²) in [6.45, 7) is 1.22. The van der Waals surface area contributed by atoms with Gasteiger partial charge in [-0.2, -0.15) is 0 Å². The maximum absolute atomic E-state index is 13.3. The van der Waals surface area contributed by atoms with Gasteiger partial charge in [0.25, 0.3) is 0 Å². The Bertz CT molecular complexity index is 1310. The molecule has 8 nitrogen and oxygen atoms in total. The smallest absolute Gasteiger partial charge is 0.247 e. The first-order chi connectivity index (χ1) is 17.8. The van der Waals surface area contributed by atoms with Crippen LogP contribution in [-0.4, -0.2) is 65.5 Å². The lowest BCUT2D eigenvalue weighted by atomic mass is 10.1. The molecule has 1 saturated heterocycles. The van der Waals surface area contributed by atoms with Crippen LogP contribution in [0.4, 0.5) is 5.69 Å². The lowest BCUT2D eigenvalue weighted by molar-refractivity contribution is -0.136. The van der Waals surface area contributed by atoms with E-state index in [0.29, 0.717) is 40.7 Å². The standard InChI is InChI=1S/C27H29Cl2N5O3/c1-33(2)12-4-6-26(35)34-16-21(32-37-17-18-7-9-22(28)23(29)13-18)15-25(34)27(36)31-20-8-10-24-19(14-20)5-3-11-30-24/h3,5,7-11,13-14,25H,4,6,12,15-17H2,1-2H3,(H,31,36)/b32-21-. The zero-order valence-corrected chi connectivity index (χ0v) is 22.3. The SMILES string of the molecule is CN(C)CCCC(=O)N1C/C(=N\OCc2ccc(Cl)c(Cl)c2)CC1C(=O)Nc1ccc2ncccc2c1. The summed E-state index contributed by atoms with van der Waals surface area (Å²) >= 11 is 12.0. The largest absolute Gasteiger partial charge is 0.391 e. The molecular weight excluding hydrogens is 513 g/mol. The Balaban J connectivity index is 1.45. The fraction of sp³-hybridized carbons (Fsp3) is 0.333. The zero-order valence-electron chi connectivity index (χ0n) is 20.8. The second-order valence-electron chi connectivity index (χ2n) is 9.23. The quantitative estimate of drug-likeness (QED) is 0.385. The minimum Gasteiger partial charge on any atom is -0.391 e. The summed E-state index contributed by atoms with van der Waals surface area (Å²) in [6.07, 6.45) is 3.07. The first-order valence-electron chi connectivity index (χ1n) is 12.0. The van der Waals surface area contributed by atoms with E-state index in [0.717, 1.165) is 23.0 Å². The van der Waals surface area contributed by atoms with Crippen LogP contribution in [0.3, 0.4) is 0 Å². The maximum Gasteiger partial charge on any atom is 0.247 e. The Labute approximate surface area is 226 Å². The van der Waals surface area contributed by atoms with E-state index in [2.05, 4.69) is 15.5 Å². The molecule has 37 heavy (non-hydrogen) atoms. The number of fused-ring (bicyclic) bond motifs is 1. The molecule has 2 heterocycles. The highest BCUT2D eigenvalue weighted by atomic mass is 35.5. The Kier molecular flexibility index (Phi) is 8.97. The van der Waals surface area contributed by atoms with Crippen LogP contribution in [0.1, 0.15) is 24.8 Å². The highest BCUT2D eigenvalue weighted by Gasteiger charge is 2.37. The molecule has 2 aromatic carbocycles. The molecule has 0 spiro atoms. The van der Waals surface area contributed by atoms with Crippen molar-refractivity contribution in [1.29, 1.82) is 0 Å². The van der Waals surface area contributed by atoms with Crippen molar-refractivity contribution in [2.45, 2.75) is 31.9 Å². The number of halogens is 2. The topological polar surface area (TPSA) is 87.1 Å². The highest BCUT2D eigenvalue weighted by molar-refractivity contribution is 6.42. The van der Waals surface area contributed by atoms with Gasteiger partial charge < -0.3 is 20.0 Å². The summed E-state index contributed by atoms with van der Waals surface area (Å²) in [7, 11) is 3.93. The summed E-state index contributed by atoms with van der Waals surface area (Å²) < 4.78 is 0. The molecule has 4 rings (SSSR count). The van der Waals surface area contributed by atoms with Crippen molar-refractivity contribution in [3.05, 3.63) is 70.3 Å². The molecule has 2 amide bonds. The van der Waals surface area contributed by atoms with Gasteiger partial charge in [-0.05, 0) is 69.0 Å². The second kappa shape index (κ2) is 12.4. The summed E-state index contributed by atoms with van der Waals surface area (Å²) in [4.78, 5) is 39.8. The molecule has 1 atom stereocenters. The van der Waals surface area contributed by atoms with Crippen LogP contribution in [0.2, 0.25) is 10.0 Å². The van der Waals surface area contributed by atoms with Crippen molar-refractivity contribution in [1.82, 2.24) is 14.8 Å². The first kappa shape index (κ1) is 26.9. The van der Waals surface area contributed by atoms with Gasteiger partial charge in [0.05, 0.1) is 27.8 Å². The number of oxime groups is 1. The molecule has 1 unspecified atom stereocenters. The van der Waals surface area contributed by atoms with E-state index >= 15 is 0 Å². The van der Waals surface area contributed by atoms with E-state index in [1.165, 1.54) is 0 Å². The number of nitrogens with one attached hydrogen (secondary N) is 1. The van der Waals surface area contributed by atoms with E-state index in [4.69, 9.17) is 28.0 Å². The van der Waals surface area contributed by atoms with Gasteiger partial charge in [0.15, 0.2) is 0 Å². The molecule has 1 fully saturated rings. The van der Waals surface area contributed by atoms with Crippen molar-refractivity contribution in [2.75, 3.05) is 32.5 Å². The van der Waals surface area contributed by atoms with Crippen LogP contribution in [0.25, 0.3) is 10.9 Å². The molecule has 1 N–H and O–H groups in total. The minimum atomic E-state index is -0.677. The maximum atomic E-state index is 13.3. The number of hydrogen-bond donors (Lipinski definition) is 1. The third-order valence-electron chi connectivity index (χ3n) is 6.06. The number of aromatic nitrogens is 1. The van der Waals surface area contributed by atoms with Gasteiger partial charge in [0.2, 0.25) is 11.8 Å². The van der Waals surface area contributed by atoms with Gasteiger partial charge in [-0.3, -0.25) is 14.6 Å². The van der Waals surface area contributed by atoms with Crippen molar-refractivity contribution >= 4 is 57.3 Å². The fourth-order valence-corrected chi connectivity index (χ4v) is 4.48. The van der Waals surface area contributed by atoms with Crippen LogP contribution in [-0.2, 0) is 21.0 Å². The van der Waals surface area contributed by atoms with E-state index in [9.17, 15) is 9.59 Å². The average Bonchev–Trinajstić information content (AvgIpc) is 3.30. The van der Waals surface area contributed by atoms with E-state index in [1.807, 2.05) is 43.3 Å². The summed E-state index contributed by atoms with van der Waals surface area (Å²) in [6, 6.07) is 13.9. The molecule has 0 aliphatic carbocycles. The molecule has 1 aromatic heterocycles. The van der Waals surface area contributed by atoms with Gasteiger partial charge in [0, 0.05) is 30.1 Å². The molecule has 194 valence electrons. The molecule has 0 bridgehead atoms. The normalized spacial score (nSPS) is 16.5. The average molecular weight is 542 g/mol. The molecule has 1 aliphatic heterocycles. The van der Waals surface area contributed by atoms with E-state index < -0.39 is 6.04 Å². The molecule has 1 aliphatic rings. The monoisotopic (exact) mass is 541 g/mol. The number of amides is 2. The van der Waals surface area contributed by atoms with Crippen molar-refractivity contribution in [3.63, 3.8) is 0 Å². The lowest BCUT2D eigenvalue weighted by Gasteiger charge is -2.23. The minimum absolute atomic E-state index is 0.0839. The predicted octanol–water partition coefficient (Wildman–Crippen LogP) is 5.00. The highest BCUT2D eigenvalue weighted by Crippen LogP contribution is 2.24. The van der Waals surface area contributed by atoms with Crippen LogP contribution in [0.15, 0.2) is 59.9 Å². The Morgan fingerprint density at radius 1 is 1.16 bits per heavy atom. The van der Waals surface area contributed by atoms with E-state index in [1.54, 1.807) is 35.4 Å².